The van der Waals surface area contributed by atoms with E-state index in [1.54, 1.807) is 0 Å². The molecule has 1 heterocycles. The largest absolute Gasteiger partial charge is 0.349 e. The number of hydrogen-bond donors (Lipinski definition) is 2. The summed E-state index contributed by atoms with van der Waals surface area (Å²) in [5.74, 6) is -1.63. The van der Waals surface area contributed by atoms with Gasteiger partial charge < -0.3 is 10.6 Å². The summed E-state index contributed by atoms with van der Waals surface area (Å²) in [4.78, 5) is 16.2. The van der Waals surface area contributed by atoms with Gasteiger partial charge in [0.1, 0.15) is 17.3 Å². The maximum absolute atomic E-state index is 13.7. The van der Waals surface area contributed by atoms with Gasteiger partial charge in [-0.25, -0.2) is 8.78 Å². The molecule has 2 aromatic rings. The van der Waals surface area contributed by atoms with E-state index >= 15 is 0 Å². The molecule has 1 aliphatic rings. The van der Waals surface area contributed by atoms with Crippen molar-refractivity contribution in [3.63, 3.8) is 0 Å². The predicted octanol–water partition coefficient (Wildman–Crippen LogP) is 3.78. The van der Waals surface area contributed by atoms with Gasteiger partial charge in [0.05, 0.1) is 17.4 Å². The second-order valence-electron chi connectivity index (χ2n) is 5.64. The van der Waals surface area contributed by atoms with E-state index < -0.39 is 11.6 Å². The fourth-order valence-electron chi connectivity index (χ4n) is 2.73. The first-order valence-electron chi connectivity index (χ1n) is 7.60. The van der Waals surface area contributed by atoms with Gasteiger partial charge in [-0.05, 0) is 31.0 Å². The molecule has 6 heteroatoms. The molecule has 1 aliphatic carbocycles. The molecule has 4 nitrogen and oxygen atoms in total. The van der Waals surface area contributed by atoms with Gasteiger partial charge in [-0.2, -0.15) is 0 Å². The SMILES string of the molecule is O=C(NC1CCCC1)c1cncc(Nc2c(F)cccc2F)c1. The van der Waals surface area contributed by atoms with E-state index in [-0.39, 0.29) is 17.6 Å². The third kappa shape index (κ3) is 3.64. The Bertz CT molecular complexity index is 694. The zero-order valence-electron chi connectivity index (χ0n) is 12.5. The van der Waals surface area contributed by atoms with Crippen LogP contribution < -0.4 is 10.6 Å². The van der Waals surface area contributed by atoms with E-state index in [1.165, 1.54) is 24.5 Å². The zero-order valence-corrected chi connectivity index (χ0v) is 12.5. The average Bonchev–Trinajstić information content (AvgIpc) is 3.04. The van der Waals surface area contributed by atoms with Crippen molar-refractivity contribution < 1.29 is 13.6 Å². The Morgan fingerprint density at radius 3 is 2.52 bits per heavy atom. The quantitative estimate of drug-likeness (QED) is 0.902. The lowest BCUT2D eigenvalue weighted by molar-refractivity contribution is 0.0937. The van der Waals surface area contributed by atoms with Crippen molar-refractivity contribution in [3.8, 4) is 0 Å². The Morgan fingerprint density at radius 1 is 1.13 bits per heavy atom. The number of carbonyl (C=O) groups is 1. The first-order chi connectivity index (χ1) is 11.1. The molecule has 1 amide bonds. The summed E-state index contributed by atoms with van der Waals surface area (Å²) >= 11 is 0. The summed E-state index contributed by atoms with van der Waals surface area (Å²) in [5.41, 5.74) is 0.453. The third-order valence-corrected chi connectivity index (χ3v) is 3.92. The summed E-state index contributed by atoms with van der Waals surface area (Å²) in [6.07, 6.45) is 7.06. The first-order valence-corrected chi connectivity index (χ1v) is 7.60. The van der Waals surface area contributed by atoms with E-state index in [1.807, 2.05) is 0 Å². The molecule has 1 aromatic carbocycles. The van der Waals surface area contributed by atoms with Gasteiger partial charge >= 0.3 is 0 Å². The number of rotatable bonds is 4. The Hall–Kier alpha value is -2.50. The summed E-state index contributed by atoms with van der Waals surface area (Å²) in [7, 11) is 0. The van der Waals surface area contributed by atoms with Crippen molar-refractivity contribution >= 4 is 17.3 Å². The smallest absolute Gasteiger partial charge is 0.253 e. The molecule has 0 aliphatic heterocycles. The molecule has 0 atom stereocenters. The molecule has 0 unspecified atom stereocenters. The Morgan fingerprint density at radius 2 is 1.83 bits per heavy atom. The molecule has 23 heavy (non-hydrogen) atoms. The second kappa shape index (κ2) is 6.73. The minimum absolute atomic E-state index is 0.197. The number of hydrogen-bond acceptors (Lipinski definition) is 3. The molecule has 0 bridgehead atoms. The number of nitrogens with zero attached hydrogens (tertiary/aromatic N) is 1. The minimum Gasteiger partial charge on any atom is -0.349 e. The number of para-hydroxylation sites is 1. The first kappa shape index (κ1) is 15.4. The van der Waals surface area contributed by atoms with Crippen LogP contribution in [0.2, 0.25) is 0 Å². The number of carbonyl (C=O) groups excluding carboxylic acids is 1. The van der Waals surface area contributed by atoms with Crippen LogP contribution in [-0.2, 0) is 0 Å². The molecule has 1 saturated carbocycles. The standard InChI is InChI=1S/C17H17F2N3O/c18-14-6-3-7-15(19)16(14)21-13-8-11(9-20-10-13)17(23)22-12-4-1-2-5-12/h3,6-10,12,21H,1-2,4-5H2,(H,22,23). The molecular weight excluding hydrogens is 300 g/mol. The Kier molecular flexibility index (Phi) is 4.50. The van der Waals surface area contributed by atoms with Crippen LogP contribution in [0.25, 0.3) is 0 Å². The average molecular weight is 317 g/mol. The summed E-state index contributed by atoms with van der Waals surface area (Å²) in [6, 6.07) is 5.34. The fourth-order valence-corrected chi connectivity index (χ4v) is 2.73. The van der Waals surface area contributed by atoms with Crippen molar-refractivity contribution in [2.24, 2.45) is 0 Å². The lowest BCUT2D eigenvalue weighted by Crippen LogP contribution is -2.32. The molecule has 1 fully saturated rings. The van der Waals surface area contributed by atoms with Crippen molar-refractivity contribution in [1.29, 1.82) is 0 Å². The van der Waals surface area contributed by atoms with E-state index in [0.717, 1.165) is 37.8 Å². The van der Waals surface area contributed by atoms with Crippen molar-refractivity contribution in [2.45, 2.75) is 31.7 Å². The zero-order chi connectivity index (χ0) is 16.2. The highest BCUT2D eigenvalue weighted by Gasteiger charge is 2.18. The maximum Gasteiger partial charge on any atom is 0.253 e. The Labute approximate surface area is 132 Å². The minimum atomic E-state index is -0.703. The Balaban J connectivity index is 1.75. The molecule has 0 radical (unpaired) electrons. The van der Waals surface area contributed by atoms with Gasteiger partial charge in [-0.1, -0.05) is 18.9 Å². The van der Waals surface area contributed by atoms with Crippen LogP contribution in [0.4, 0.5) is 20.2 Å². The molecule has 0 spiro atoms. The van der Waals surface area contributed by atoms with Crippen LogP contribution >= 0.6 is 0 Å². The van der Waals surface area contributed by atoms with Gasteiger partial charge in [0.2, 0.25) is 0 Å². The van der Waals surface area contributed by atoms with Crippen molar-refractivity contribution in [3.05, 3.63) is 53.9 Å². The number of nitrogens with one attached hydrogen (secondary N) is 2. The number of benzene rings is 1. The van der Waals surface area contributed by atoms with Crippen LogP contribution in [0.15, 0.2) is 36.7 Å². The van der Waals surface area contributed by atoms with Crippen LogP contribution in [0.5, 0.6) is 0 Å². The highest BCUT2D eigenvalue weighted by atomic mass is 19.1. The highest BCUT2D eigenvalue weighted by Crippen LogP contribution is 2.23. The second-order valence-corrected chi connectivity index (χ2v) is 5.64. The van der Waals surface area contributed by atoms with E-state index in [2.05, 4.69) is 15.6 Å². The number of amides is 1. The number of aromatic nitrogens is 1. The normalized spacial score (nSPS) is 14.7. The number of anilines is 2. The molecular formula is C17H17F2N3O. The third-order valence-electron chi connectivity index (χ3n) is 3.92. The van der Waals surface area contributed by atoms with Crippen molar-refractivity contribution in [2.75, 3.05) is 5.32 Å². The van der Waals surface area contributed by atoms with Gasteiger partial charge in [-0.15, -0.1) is 0 Å². The van der Waals surface area contributed by atoms with Crippen LogP contribution in [-0.4, -0.2) is 16.9 Å². The van der Waals surface area contributed by atoms with Crippen molar-refractivity contribution in [1.82, 2.24) is 10.3 Å². The number of pyridine rings is 1. The lowest BCUT2D eigenvalue weighted by atomic mass is 10.2. The predicted molar refractivity (Wildman–Crippen MR) is 83.6 cm³/mol. The lowest BCUT2D eigenvalue weighted by Gasteiger charge is -2.13. The number of halogens is 2. The van der Waals surface area contributed by atoms with Gasteiger partial charge in [0.25, 0.3) is 5.91 Å². The maximum atomic E-state index is 13.7. The van der Waals surface area contributed by atoms with Gasteiger partial charge in [0.15, 0.2) is 0 Å². The summed E-state index contributed by atoms with van der Waals surface area (Å²) in [6.45, 7) is 0. The van der Waals surface area contributed by atoms with E-state index in [0.29, 0.717) is 11.3 Å². The van der Waals surface area contributed by atoms with E-state index in [9.17, 15) is 13.6 Å². The fraction of sp³-hybridized carbons (Fsp3) is 0.294. The molecule has 0 saturated heterocycles. The molecule has 2 N–H and O–H groups in total. The van der Waals surface area contributed by atoms with E-state index in [4.69, 9.17) is 0 Å². The van der Waals surface area contributed by atoms with Crippen LogP contribution in [0.1, 0.15) is 36.0 Å². The monoisotopic (exact) mass is 317 g/mol. The van der Waals surface area contributed by atoms with Crippen LogP contribution in [0, 0.1) is 11.6 Å². The van der Waals surface area contributed by atoms with Gasteiger partial charge in [0, 0.05) is 12.2 Å². The molecule has 120 valence electrons. The summed E-state index contributed by atoms with van der Waals surface area (Å²) < 4.78 is 27.3. The van der Waals surface area contributed by atoms with Crippen LogP contribution in [0.3, 0.4) is 0 Å². The topological polar surface area (TPSA) is 54.0 Å². The highest BCUT2D eigenvalue weighted by molar-refractivity contribution is 5.95. The molecule has 1 aromatic heterocycles. The van der Waals surface area contributed by atoms with Gasteiger partial charge in [-0.3, -0.25) is 9.78 Å². The summed E-state index contributed by atoms with van der Waals surface area (Å²) in [5, 5.41) is 5.59. The molecule has 3 rings (SSSR count).